The molecule has 0 aromatic heterocycles. The zero-order valence-corrected chi connectivity index (χ0v) is 39.1. The van der Waals surface area contributed by atoms with Crippen LogP contribution in [0.3, 0.4) is 0 Å². The van der Waals surface area contributed by atoms with Crippen LogP contribution in [-0.4, -0.2) is 37.2 Å². The second-order valence-electron chi connectivity index (χ2n) is 15.8. The van der Waals surface area contributed by atoms with Crippen LogP contribution in [-0.2, 0) is 28.6 Å². The van der Waals surface area contributed by atoms with Gasteiger partial charge >= 0.3 is 17.9 Å². The van der Waals surface area contributed by atoms with Crippen molar-refractivity contribution in [3.05, 3.63) is 109 Å². The van der Waals surface area contributed by atoms with Crippen LogP contribution in [0.2, 0.25) is 0 Å². The number of esters is 3. The van der Waals surface area contributed by atoms with E-state index >= 15 is 0 Å². The standard InChI is InChI=1S/C55H88O6/c1-4-7-10-13-16-19-22-25-26-27-28-31-33-36-39-42-45-48-54(57)60-51-52(61-55(58)49-46-43-40-37-34-30-24-21-18-15-12-9-6-3)50-59-53(56)47-44-41-38-35-32-29-23-20-17-14-11-8-5-2/h8-9,11-12,14-15,17-18,20-21,23-26,29-30,32,34,52H,4-7,10,13,16,19,22,27-28,31,33,35-51H2,1-3H3/b11-8+,12-9+,17-14+,18-15+,23-20+,24-21+,26-25+,32-29+,34-30+. The minimum atomic E-state index is -0.817. The van der Waals surface area contributed by atoms with Gasteiger partial charge in [-0.15, -0.1) is 0 Å². The van der Waals surface area contributed by atoms with Gasteiger partial charge in [-0.25, -0.2) is 0 Å². The molecule has 0 aromatic carbocycles. The lowest BCUT2D eigenvalue weighted by Crippen LogP contribution is -2.30. The third kappa shape index (κ3) is 47.0. The van der Waals surface area contributed by atoms with Crippen molar-refractivity contribution in [1.29, 1.82) is 0 Å². The molecule has 344 valence electrons. The Labute approximate surface area is 374 Å². The van der Waals surface area contributed by atoms with E-state index in [1.807, 2.05) is 72.9 Å². The maximum absolute atomic E-state index is 12.7. The molecule has 0 saturated heterocycles. The Hall–Kier alpha value is -3.93. The molecule has 0 heterocycles. The molecule has 0 bridgehead atoms. The SMILES string of the molecule is CC/C=C/C=C/C=C/C=C/CCCCCC(=O)OCC(COC(=O)CCCCCCCCC/C=C/CCCCCCCC)OC(=O)CCCCC/C=C/C=C/C=C/C=C/CC. The summed E-state index contributed by atoms with van der Waals surface area (Å²) in [5.41, 5.74) is 0. The van der Waals surface area contributed by atoms with E-state index < -0.39 is 6.10 Å². The summed E-state index contributed by atoms with van der Waals surface area (Å²) in [7, 11) is 0. The topological polar surface area (TPSA) is 78.9 Å². The highest BCUT2D eigenvalue weighted by Gasteiger charge is 2.19. The van der Waals surface area contributed by atoms with E-state index in [2.05, 4.69) is 57.2 Å². The van der Waals surface area contributed by atoms with Crippen LogP contribution < -0.4 is 0 Å². The number of hydrogen-bond donors (Lipinski definition) is 0. The molecule has 6 nitrogen and oxygen atoms in total. The Kier molecular flexibility index (Phi) is 45.6. The molecular formula is C55H88O6. The van der Waals surface area contributed by atoms with Gasteiger partial charge in [-0.1, -0.05) is 207 Å². The molecule has 0 aliphatic rings. The molecule has 0 fully saturated rings. The summed E-state index contributed by atoms with van der Waals surface area (Å²) in [6, 6.07) is 0. The van der Waals surface area contributed by atoms with Gasteiger partial charge in [-0.2, -0.15) is 0 Å². The smallest absolute Gasteiger partial charge is 0.306 e. The van der Waals surface area contributed by atoms with Gasteiger partial charge < -0.3 is 14.2 Å². The van der Waals surface area contributed by atoms with Crippen LogP contribution in [0.15, 0.2) is 109 Å². The zero-order chi connectivity index (χ0) is 44.4. The average Bonchev–Trinajstić information content (AvgIpc) is 3.26. The highest BCUT2D eigenvalue weighted by atomic mass is 16.6. The minimum Gasteiger partial charge on any atom is -0.462 e. The molecule has 6 heteroatoms. The van der Waals surface area contributed by atoms with E-state index in [4.69, 9.17) is 14.2 Å². The van der Waals surface area contributed by atoms with Gasteiger partial charge in [0.15, 0.2) is 6.10 Å². The van der Waals surface area contributed by atoms with Gasteiger partial charge in [0.2, 0.25) is 0 Å². The second-order valence-corrected chi connectivity index (χ2v) is 15.8. The monoisotopic (exact) mass is 845 g/mol. The fourth-order valence-corrected chi connectivity index (χ4v) is 6.28. The Morgan fingerprint density at radius 3 is 1.07 bits per heavy atom. The van der Waals surface area contributed by atoms with Crippen LogP contribution in [0.1, 0.15) is 201 Å². The molecule has 0 N–H and O–H groups in total. The molecular weight excluding hydrogens is 757 g/mol. The largest absolute Gasteiger partial charge is 0.462 e. The van der Waals surface area contributed by atoms with Crippen molar-refractivity contribution in [2.75, 3.05) is 13.2 Å². The third-order valence-electron chi connectivity index (χ3n) is 9.93. The van der Waals surface area contributed by atoms with E-state index in [0.717, 1.165) is 77.0 Å². The number of ether oxygens (including phenoxy) is 3. The number of carbonyl (C=O) groups is 3. The predicted octanol–water partition coefficient (Wildman–Crippen LogP) is 16.0. The highest BCUT2D eigenvalue weighted by molar-refractivity contribution is 5.71. The number of allylic oxidation sites excluding steroid dienone is 18. The van der Waals surface area contributed by atoms with Crippen molar-refractivity contribution in [1.82, 2.24) is 0 Å². The first kappa shape index (κ1) is 57.1. The molecule has 0 saturated carbocycles. The van der Waals surface area contributed by atoms with E-state index in [1.165, 1.54) is 77.0 Å². The van der Waals surface area contributed by atoms with Gasteiger partial charge in [-0.3, -0.25) is 14.4 Å². The molecule has 0 amide bonds. The van der Waals surface area contributed by atoms with Crippen LogP contribution >= 0.6 is 0 Å². The van der Waals surface area contributed by atoms with E-state index in [1.54, 1.807) is 0 Å². The first-order valence-corrected chi connectivity index (χ1v) is 24.5. The summed E-state index contributed by atoms with van der Waals surface area (Å²) in [5, 5.41) is 0. The molecule has 1 unspecified atom stereocenters. The third-order valence-corrected chi connectivity index (χ3v) is 9.93. The fourth-order valence-electron chi connectivity index (χ4n) is 6.28. The number of rotatable bonds is 42. The molecule has 0 spiro atoms. The van der Waals surface area contributed by atoms with Crippen molar-refractivity contribution in [2.45, 2.75) is 207 Å². The summed E-state index contributed by atoms with van der Waals surface area (Å²) in [6.45, 7) is 6.26. The Morgan fingerprint density at radius 1 is 0.344 bits per heavy atom. The van der Waals surface area contributed by atoms with Crippen molar-refractivity contribution < 1.29 is 28.6 Å². The lowest BCUT2D eigenvalue weighted by atomic mass is 10.1. The van der Waals surface area contributed by atoms with Gasteiger partial charge in [0.05, 0.1) is 0 Å². The summed E-state index contributed by atoms with van der Waals surface area (Å²) in [5.74, 6) is -1.00. The van der Waals surface area contributed by atoms with Crippen molar-refractivity contribution in [3.63, 3.8) is 0 Å². The maximum Gasteiger partial charge on any atom is 0.306 e. The lowest BCUT2D eigenvalue weighted by molar-refractivity contribution is -0.167. The molecule has 0 aliphatic carbocycles. The summed E-state index contributed by atoms with van der Waals surface area (Å²) in [6.07, 6.45) is 65.0. The molecule has 0 radical (unpaired) electrons. The molecule has 0 aliphatic heterocycles. The number of unbranched alkanes of at least 4 members (excludes halogenated alkanes) is 19. The van der Waals surface area contributed by atoms with Crippen molar-refractivity contribution >= 4 is 17.9 Å². The van der Waals surface area contributed by atoms with Gasteiger partial charge in [0, 0.05) is 19.3 Å². The summed E-state index contributed by atoms with van der Waals surface area (Å²) in [4.78, 5) is 37.9. The highest BCUT2D eigenvalue weighted by Crippen LogP contribution is 2.13. The van der Waals surface area contributed by atoms with E-state index in [-0.39, 0.29) is 37.5 Å². The Bertz CT molecular complexity index is 1290. The molecule has 0 aromatic rings. The summed E-state index contributed by atoms with van der Waals surface area (Å²) >= 11 is 0. The predicted molar refractivity (Wildman–Crippen MR) is 260 cm³/mol. The van der Waals surface area contributed by atoms with Gasteiger partial charge in [0.25, 0.3) is 0 Å². The summed E-state index contributed by atoms with van der Waals surface area (Å²) < 4.78 is 16.7. The maximum atomic E-state index is 12.7. The van der Waals surface area contributed by atoms with Crippen LogP contribution in [0, 0.1) is 0 Å². The van der Waals surface area contributed by atoms with Crippen LogP contribution in [0.25, 0.3) is 0 Å². The Morgan fingerprint density at radius 2 is 0.656 bits per heavy atom. The van der Waals surface area contributed by atoms with Gasteiger partial charge in [0.1, 0.15) is 13.2 Å². The van der Waals surface area contributed by atoms with E-state index in [9.17, 15) is 14.4 Å². The van der Waals surface area contributed by atoms with Crippen LogP contribution in [0.4, 0.5) is 0 Å². The average molecular weight is 845 g/mol. The first-order valence-electron chi connectivity index (χ1n) is 24.5. The molecule has 1 atom stereocenters. The van der Waals surface area contributed by atoms with Crippen LogP contribution in [0.5, 0.6) is 0 Å². The normalized spacial score (nSPS) is 13.0. The fraction of sp³-hybridized carbons (Fsp3) is 0.618. The second kappa shape index (κ2) is 48.7. The quantitative estimate of drug-likeness (QED) is 0.0200. The Balaban J connectivity index is 4.50. The number of hydrogen-bond acceptors (Lipinski definition) is 6. The van der Waals surface area contributed by atoms with Crippen molar-refractivity contribution in [2.24, 2.45) is 0 Å². The first-order chi connectivity index (χ1) is 30.0. The molecule has 61 heavy (non-hydrogen) atoms. The molecule has 0 rings (SSSR count). The lowest BCUT2D eigenvalue weighted by Gasteiger charge is -2.18. The number of carbonyl (C=O) groups excluding carboxylic acids is 3. The van der Waals surface area contributed by atoms with Crippen molar-refractivity contribution in [3.8, 4) is 0 Å². The zero-order valence-electron chi connectivity index (χ0n) is 39.1. The van der Waals surface area contributed by atoms with E-state index in [0.29, 0.717) is 19.3 Å². The minimum absolute atomic E-state index is 0.111. The van der Waals surface area contributed by atoms with Gasteiger partial charge in [-0.05, 0) is 83.5 Å².